The summed E-state index contributed by atoms with van der Waals surface area (Å²) in [7, 11) is -1.56. The zero-order valence-electron chi connectivity index (χ0n) is 10.8. The summed E-state index contributed by atoms with van der Waals surface area (Å²) in [6.45, 7) is 3.85. The number of rotatable bonds is 6. The topological polar surface area (TPSA) is 55.4 Å². The third-order valence-corrected chi connectivity index (χ3v) is 4.24. The number of aryl methyl sites for hydroxylation is 1. The fraction of sp³-hybridized carbons (Fsp3) is 0.500. The Morgan fingerprint density at radius 1 is 1.39 bits per heavy atom. The third-order valence-electron chi connectivity index (χ3n) is 2.62. The van der Waals surface area contributed by atoms with Crippen molar-refractivity contribution in [3.63, 3.8) is 0 Å². The molecular weight excluding hydrogens is 274 g/mol. The van der Waals surface area contributed by atoms with E-state index in [4.69, 9.17) is 16.3 Å². The lowest BCUT2D eigenvalue weighted by Gasteiger charge is -2.12. The maximum absolute atomic E-state index is 11.3. The molecule has 0 aromatic heterocycles. The van der Waals surface area contributed by atoms with Gasteiger partial charge in [0.05, 0.1) is 12.9 Å². The van der Waals surface area contributed by atoms with Crippen molar-refractivity contribution in [2.75, 3.05) is 19.4 Å². The zero-order valence-corrected chi connectivity index (χ0v) is 12.4. The molecule has 6 heteroatoms. The van der Waals surface area contributed by atoms with Crippen LogP contribution in [0.25, 0.3) is 0 Å². The molecule has 1 aromatic rings. The lowest BCUT2D eigenvalue weighted by atomic mass is 10.1. The second kappa shape index (κ2) is 6.41. The molecule has 0 aliphatic rings. The van der Waals surface area contributed by atoms with Gasteiger partial charge in [-0.05, 0) is 43.5 Å². The van der Waals surface area contributed by atoms with E-state index in [9.17, 15) is 8.42 Å². The number of hydrogen-bond donors (Lipinski definition) is 1. The number of benzene rings is 1. The van der Waals surface area contributed by atoms with Crippen molar-refractivity contribution in [3.8, 4) is 5.75 Å². The Labute approximate surface area is 113 Å². The molecule has 0 amide bonds. The molecule has 102 valence electrons. The van der Waals surface area contributed by atoms with E-state index in [1.54, 1.807) is 20.1 Å². The third kappa shape index (κ3) is 4.15. The van der Waals surface area contributed by atoms with Crippen LogP contribution in [0.3, 0.4) is 0 Å². The Balaban J connectivity index is 2.79. The fourth-order valence-corrected chi connectivity index (χ4v) is 2.63. The van der Waals surface area contributed by atoms with Gasteiger partial charge in [-0.25, -0.2) is 13.1 Å². The molecule has 0 atom stereocenters. The molecular formula is C12H18ClNO3S. The molecule has 0 spiro atoms. The standard InChI is InChI=1S/C12H18ClNO3S/c1-4-18(15,16)14-6-5-10-8-11(13)7-9(2)12(10)17-3/h7-8,14H,4-6H2,1-3H3. The van der Waals surface area contributed by atoms with Gasteiger partial charge in [0.15, 0.2) is 0 Å². The Hall–Kier alpha value is -0.780. The highest BCUT2D eigenvalue weighted by Crippen LogP contribution is 2.27. The zero-order chi connectivity index (χ0) is 13.8. The number of hydrogen-bond acceptors (Lipinski definition) is 3. The van der Waals surface area contributed by atoms with Crippen molar-refractivity contribution in [1.82, 2.24) is 4.72 Å². The van der Waals surface area contributed by atoms with Gasteiger partial charge in [0.1, 0.15) is 5.75 Å². The summed E-state index contributed by atoms with van der Waals surface area (Å²) >= 11 is 5.98. The summed E-state index contributed by atoms with van der Waals surface area (Å²) in [5, 5.41) is 0.627. The van der Waals surface area contributed by atoms with E-state index in [0.717, 1.165) is 16.9 Å². The first kappa shape index (κ1) is 15.3. The van der Waals surface area contributed by atoms with E-state index in [0.29, 0.717) is 18.0 Å². The van der Waals surface area contributed by atoms with Crippen molar-refractivity contribution < 1.29 is 13.2 Å². The van der Waals surface area contributed by atoms with Crippen molar-refractivity contribution in [2.24, 2.45) is 0 Å². The molecule has 0 radical (unpaired) electrons. The molecule has 0 saturated carbocycles. The summed E-state index contributed by atoms with van der Waals surface area (Å²) in [6.07, 6.45) is 0.545. The molecule has 0 aliphatic heterocycles. The van der Waals surface area contributed by atoms with Crippen LogP contribution in [-0.4, -0.2) is 27.8 Å². The Kier molecular flexibility index (Phi) is 5.44. The predicted molar refractivity (Wildman–Crippen MR) is 73.9 cm³/mol. The average molecular weight is 292 g/mol. The molecule has 1 N–H and O–H groups in total. The number of halogens is 1. The normalized spacial score (nSPS) is 11.6. The van der Waals surface area contributed by atoms with E-state index in [1.807, 2.05) is 13.0 Å². The first-order chi connectivity index (χ1) is 8.39. The maximum atomic E-state index is 11.3. The molecule has 0 unspecified atom stereocenters. The van der Waals surface area contributed by atoms with Crippen LogP contribution in [0.4, 0.5) is 0 Å². The highest BCUT2D eigenvalue weighted by atomic mass is 35.5. The lowest BCUT2D eigenvalue weighted by molar-refractivity contribution is 0.406. The second-order valence-electron chi connectivity index (χ2n) is 3.96. The van der Waals surface area contributed by atoms with Gasteiger partial charge in [-0.1, -0.05) is 11.6 Å². The maximum Gasteiger partial charge on any atom is 0.211 e. The highest BCUT2D eigenvalue weighted by Gasteiger charge is 2.10. The van der Waals surface area contributed by atoms with Crippen molar-refractivity contribution >= 4 is 21.6 Å². The quantitative estimate of drug-likeness (QED) is 0.874. The van der Waals surface area contributed by atoms with Crippen molar-refractivity contribution in [1.29, 1.82) is 0 Å². The van der Waals surface area contributed by atoms with Gasteiger partial charge in [-0.3, -0.25) is 0 Å². The summed E-state index contributed by atoms with van der Waals surface area (Å²) in [5.74, 6) is 0.841. The first-order valence-corrected chi connectivity index (χ1v) is 7.73. The van der Waals surface area contributed by atoms with Crippen LogP contribution in [0, 0.1) is 6.92 Å². The smallest absolute Gasteiger partial charge is 0.211 e. The van der Waals surface area contributed by atoms with Gasteiger partial charge in [0.2, 0.25) is 10.0 Å². The summed E-state index contributed by atoms with van der Waals surface area (Å²) in [6, 6.07) is 3.62. The molecule has 0 saturated heterocycles. The minimum atomic E-state index is -3.15. The molecule has 1 aromatic carbocycles. The minimum Gasteiger partial charge on any atom is -0.496 e. The van der Waals surface area contributed by atoms with Crippen LogP contribution in [0.15, 0.2) is 12.1 Å². The summed E-state index contributed by atoms with van der Waals surface area (Å²) in [4.78, 5) is 0. The van der Waals surface area contributed by atoms with Gasteiger partial charge in [0.25, 0.3) is 0 Å². The molecule has 1 rings (SSSR count). The monoisotopic (exact) mass is 291 g/mol. The Bertz CT molecular complexity index is 514. The second-order valence-corrected chi connectivity index (χ2v) is 6.49. The summed E-state index contributed by atoms with van der Waals surface area (Å²) in [5.41, 5.74) is 1.85. The van der Waals surface area contributed by atoms with E-state index in [-0.39, 0.29) is 5.75 Å². The van der Waals surface area contributed by atoms with E-state index < -0.39 is 10.0 Å². The van der Waals surface area contributed by atoms with Crippen LogP contribution in [0.2, 0.25) is 5.02 Å². The predicted octanol–water partition coefficient (Wildman–Crippen LogP) is 2.14. The van der Waals surface area contributed by atoms with Gasteiger partial charge < -0.3 is 4.74 Å². The summed E-state index contributed by atoms with van der Waals surface area (Å²) < 4.78 is 30.4. The van der Waals surface area contributed by atoms with E-state index in [2.05, 4.69) is 4.72 Å². The van der Waals surface area contributed by atoms with Gasteiger partial charge in [-0.2, -0.15) is 0 Å². The van der Waals surface area contributed by atoms with Crippen molar-refractivity contribution in [2.45, 2.75) is 20.3 Å². The van der Waals surface area contributed by atoms with Gasteiger partial charge >= 0.3 is 0 Å². The van der Waals surface area contributed by atoms with Crippen molar-refractivity contribution in [3.05, 3.63) is 28.3 Å². The highest BCUT2D eigenvalue weighted by molar-refractivity contribution is 7.89. The van der Waals surface area contributed by atoms with Crippen LogP contribution >= 0.6 is 11.6 Å². The lowest BCUT2D eigenvalue weighted by Crippen LogP contribution is -2.27. The average Bonchev–Trinajstić information content (AvgIpc) is 2.28. The minimum absolute atomic E-state index is 0.0821. The number of methoxy groups -OCH3 is 1. The Morgan fingerprint density at radius 2 is 2.06 bits per heavy atom. The Morgan fingerprint density at radius 3 is 2.61 bits per heavy atom. The SMILES string of the molecule is CCS(=O)(=O)NCCc1cc(Cl)cc(C)c1OC. The molecule has 0 aliphatic carbocycles. The number of nitrogens with one attached hydrogen (secondary N) is 1. The van der Waals surface area contributed by atoms with E-state index in [1.165, 1.54) is 0 Å². The van der Waals surface area contributed by atoms with Crippen LogP contribution in [-0.2, 0) is 16.4 Å². The van der Waals surface area contributed by atoms with Gasteiger partial charge in [-0.15, -0.1) is 0 Å². The first-order valence-electron chi connectivity index (χ1n) is 5.70. The van der Waals surface area contributed by atoms with Crippen LogP contribution < -0.4 is 9.46 Å². The largest absolute Gasteiger partial charge is 0.496 e. The molecule has 4 nitrogen and oxygen atoms in total. The molecule has 0 bridgehead atoms. The molecule has 0 heterocycles. The number of sulfonamides is 1. The van der Waals surface area contributed by atoms with Crippen LogP contribution in [0.1, 0.15) is 18.1 Å². The molecule has 0 fully saturated rings. The number of ether oxygens (including phenoxy) is 1. The van der Waals surface area contributed by atoms with Crippen LogP contribution in [0.5, 0.6) is 5.75 Å². The fourth-order valence-electron chi connectivity index (χ4n) is 1.72. The van der Waals surface area contributed by atoms with E-state index >= 15 is 0 Å². The van der Waals surface area contributed by atoms with Gasteiger partial charge in [0, 0.05) is 11.6 Å². The molecule has 18 heavy (non-hydrogen) atoms.